The van der Waals surface area contributed by atoms with Gasteiger partial charge in [0.25, 0.3) is 5.91 Å². The van der Waals surface area contributed by atoms with Crippen LogP contribution in [0.4, 0.5) is 10.3 Å². The molecule has 0 unspecified atom stereocenters. The van der Waals surface area contributed by atoms with Gasteiger partial charge in [-0.2, -0.15) is 0 Å². The Hall–Kier alpha value is -4.30. The number of carbonyl (C=O) groups excluding carboxylic acids is 1. The maximum absolute atomic E-state index is 13.7. The number of amides is 1. The molecule has 0 radical (unpaired) electrons. The first-order valence-corrected chi connectivity index (χ1v) is 10.8. The summed E-state index contributed by atoms with van der Waals surface area (Å²) in [6.07, 6.45) is 1.30. The molecule has 1 aliphatic carbocycles. The SMILES string of the molecule is Nc1ncc(Cl)c(C(=O)N[C@@H]2c3ccccc3-c3c(-c4nc5ccc(F)cc5[nH]4)cccc32)n1. The van der Waals surface area contributed by atoms with Gasteiger partial charge in [-0.3, -0.25) is 4.79 Å². The molecule has 1 amide bonds. The van der Waals surface area contributed by atoms with E-state index >= 15 is 0 Å². The predicted molar refractivity (Wildman–Crippen MR) is 128 cm³/mol. The molecule has 1 atom stereocenters. The highest BCUT2D eigenvalue weighted by Gasteiger charge is 2.33. The summed E-state index contributed by atoms with van der Waals surface area (Å²) in [5.41, 5.74) is 11.5. The average molecular weight is 471 g/mol. The molecule has 1 aliphatic rings. The Bertz CT molecular complexity index is 1610. The first kappa shape index (κ1) is 20.3. The van der Waals surface area contributed by atoms with Crippen LogP contribution in [0.1, 0.15) is 27.7 Å². The van der Waals surface area contributed by atoms with Gasteiger partial charge >= 0.3 is 0 Å². The third-order valence-electron chi connectivity index (χ3n) is 5.90. The summed E-state index contributed by atoms with van der Waals surface area (Å²) in [5.74, 6) is -0.217. The Balaban J connectivity index is 1.48. The monoisotopic (exact) mass is 470 g/mol. The van der Waals surface area contributed by atoms with Gasteiger partial charge in [0.1, 0.15) is 11.6 Å². The minimum Gasteiger partial charge on any atom is -0.368 e. The quantitative estimate of drug-likeness (QED) is 0.347. The maximum atomic E-state index is 13.7. The second-order valence-electron chi connectivity index (χ2n) is 7.94. The number of imidazole rings is 1. The Morgan fingerprint density at radius 1 is 1.03 bits per heavy atom. The molecule has 0 fully saturated rings. The highest BCUT2D eigenvalue weighted by Crippen LogP contribution is 2.47. The van der Waals surface area contributed by atoms with E-state index in [9.17, 15) is 9.18 Å². The van der Waals surface area contributed by atoms with E-state index in [0.717, 1.165) is 27.8 Å². The number of H-pyrrole nitrogens is 1. The summed E-state index contributed by atoms with van der Waals surface area (Å²) in [6, 6.07) is 17.7. The number of carbonyl (C=O) groups is 1. The molecule has 6 rings (SSSR count). The number of halogens is 2. The fourth-order valence-electron chi connectivity index (χ4n) is 4.46. The van der Waals surface area contributed by atoms with Crippen LogP contribution in [0.2, 0.25) is 5.02 Å². The topological polar surface area (TPSA) is 110 Å². The van der Waals surface area contributed by atoms with Gasteiger partial charge < -0.3 is 16.0 Å². The summed E-state index contributed by atoms with van der Waals surface area (Å²) < 4.78 is 13.7. The van der Waals surface area contributed by atoms with Crippen molar-refractivity contribution >= 4 is 34.5 Å². The van der Waals surface area contributed by atoms with Gasteiger partial charge in [-0.25, -0.2) is 19.3 Å². The summed E-state index contributed by atoms with van der Waals surface area (Å²) in [6.45, 7) is 0. The molecule has 5 aromatic rings. The van der Waals surface area contributed by atoms with Crippen LogP contribution in [-0.2, 0) is 0 Å². The van der Waals surface area contributed by atoms with Crippen molar-refractivity contribution in [2.45, 2.75) is 6.04 Å². The third-order valence-corrected chi connectivity index (χ3v) is 6.18. The smallest absolute Gasteiger partial charge is 0.272 e. The van der Waals surface area contributed by atoms with Crippen LogP contribution in [0.15, 0.2) is 66.9 Å². The lowest BCUT2D eigenvalue weighted by Gasteiger charge is -2.16. The Labute approximate surface area is 197 Å². The van der Waals surface area contributed by atoms with Crippen LogP contribution >= 0.6 is 11.6 Å². The van der Waals surface area contributed by atoms with E-state index in [1.54, 1.807) is 6.07 Å². The van der Waals surface area contributed by atoms with Gasteiger partial charge in [0.15, 0.2) is 5.69 Å². The van der Waals surface area contributed by atoms with Crippen molar-refractivity contribution in [2.75, 3.05) is 5.73 Å². The fraction of sp³-hybridized carbons (Fsp3) is 0.0400. The second kappa shape index (κ2) is 7.64. The van der Waals surface area contributed by atoms with E-state index < -0.39 is 11.9 Å². The number of aromatic nitrogens is 4. The molecular formula is C25H16ClFN6O. The van der Waals surface area contributed by atoms with Crippen molar-refractivity contribution in [2.24, 2.45) is 0 Å². The van der Waals surface area contributed by atoms with E-state index in [1.807, 2.05) is 42.5 Å². The van der Waals surface area contributed by atoms with E-state index in [-0.39, 0.29) is 22.5 Å². The zero-order valence-electron chi connectivity index (χ0n) is 17.5. The van der Waals surface area contributed by atoms with Gasteiger partial charge in [0, 0.05) is 5.56 Å². The second-order valence-corrected chi connectivity index (χ2v) is 8.34. The van der Waals surface area contributed by atoms with E-state index in [4.69, 9.17) is 17.3 Å². The molecule has 7 nitrogen and oxygen atoms in total. The molecule has 0 saturated carbocycles. The molecule has 2 heterocycles. The Morgan fingerprint density at radius 2 is 1.82 bits per heavy atom. The largest absolute Gasteiger partial charge is 0.368 e. The van der Waals surface area contributed by atoms with E-state index in [2.05, 4.69) is 25.3 Å². The van der Waals surface area contributed by atoms with E-state index in [0.29, 0.717) is 16.9 Å². The fourth-order valence-corrected chi connectivity index (χ4v) is 4.63. The van der Waals surface area contributed by atoms with Crippen LogP contribution in [0, 0.1) is 5.82 Å². The molecule has 34 heavy (non-hydrogen) atoms. The number of hydrogen-bond acceptors (Lipinski definition) is 5. The summed E-state index contributed by atoms with van der Waals surface area (Å²) in [4.78, 5) is 28.8. The average Bonchev–Trinajstić information content (AvgIpc) is 3.40. The lowest BCUT2D eigenvalue weighted by molar-refractivity contribution is 0.0938. The standard InChI is InChI=1S/C25H16ClFN6O/c26-17-11-29-25(28)33-22(17)24(34)32-21-14-5-2-1-4-13(14)20-15(21)6-3-7-16(20)23-30-18-9-8-12(27)10-19(18)31-23/h1-11,21H,(H,30,31)(H,32,34)(H2,28,29,33)/t21-/m1/s1. The summed E-state index contributed by atoms with van der Waals surface area (Å²) >= 11 is 6.15. The van der Waals surface area contributed by atoms with Crippen LogP contribution < -0.4 is 11.1 Å². The number of nitrogens with two attached hydrogens (primary N) is 1. The predicted octanol–water partition coefficient (Wildman–Crippen LogP) is 4.89. The number of aromatic amines is 1. The van der Waals surface area contributed by atoms with Gasteiger partial charge in [-0.1, -0.05) is 54.1 Å². The number of benzene rings is 3. The molecule has 0 spiro atoms. The molecule has 3 aromatic carbocycles. The molecule has 4 N–H and O–H groups in total. The molecule has 9 heteroatoms. The van der Waals surface area contributed by atoms with Gasteiger partial charge in [0.2, 0.25) is 5.95 Å². The zero-order valence-corrected chi connectivity index (χ0v) is 18.3. The van der Waals surface area contributed by atoms with Crippen LogP contribution in [0.25, 0.3) is 33.5 Å². The summed E-state index contributed by atoms with van der Waals surface area (Å²) in [5, 5.41) is 3.15. The van der Waals surface area contributed by atoms with Crippen molar-refractivity contribution in [3.8, 4) is 22.5 Å². The number of nitrogens with zero attached hydrogens (tertiary/aromatic N) is 3. The Kier molecular flexibility index (Phi) is 4.56. The molecule has 166 valence electrons. The lowest BCUT2D eigenvalue weighted by atomic mass is 9.99. The highest BCUT2D eigenvalue weighted by molar-refractivity contribution is 6.33. The van der Waals surface area contributed by atoms with Gasteiger partial charge in [-0.15, -0.1) is 0 Å². The molecule has 0 bridgehead atoms. The molecule has 0 saturated heterocycles. The third kappa shape index (κ3) is 3.19. The maximum Gasteiger partial charge on any atom is 0.272 e. The number of anilines is 1. The molecule has 0 aliphatic heterocycles. The summed E-state index contributed by atoms with van der Waals surface area (Å²) in [7, 11) is 0. The van der Waals surface area contributed by atoms with E-state index in [1.165, 1.54) is 18.3 Å². The first-order chi connectivity index (χ1) is 16.5. The van der Waals surface area contributed by atoms with Crippen molar-refractivity contribution in [3.63, 3.8) is 0 Å². The molecular weight excluding hydrogens is 455 g/mol. The number of rotatable bonds is 3. The van der Waals surface area contributed by atoms with Crippen LogP contribution in [0.3, 0.4) is 0 Å². The number of nitrogen functional groups attached to an aromatic ring is 1. The normalized spacial score (nSPS) is 14.1. The van der Waals surface area contributed by atoms with Crippen molar-refractivity contribution < 1.29 is 9.18 Å². The molecule has 2 aromatic heterocycles. The highest BCUT2D eigenvalue weighted by atomic mass is 35.5. The van der Waals surface area contributed by atoms with Gasteiger partial charge in [-0.05, 0) is 40.5 Å². The van der Waals surface area contributed by atoms with Crippen molar-refractivity contribution in [3.05, 3.63) is 94.5 Å². The Morgan fingerprint density at radius 3 is 2.71 bits per heavy atom. The number of fused-ring (bicyclic) bond motifs is 4. The number of hydrogen-bond donors (Lipinski definition) is 3. The number of nitrogens with one attached hydrogen (secondary N) is 2. The first-order valence-electron chi connectivity index (χ1n) is 10.5. The zero-order chi connectivity index (χ0) is 23.4. The van der Waals surface area contributed by atoms with Gasteiger partial charge in [0.05, 0.1) is 28.3 Å². The van der Waals surface area contributed by atoms with Crippen molar-refractivity contribution in [1.29, 1.82) is 0 Å². The minimum atomic E-state index is -0.462. The minimum absolute atomic E-state index is 0.00978. The van der Waals surface area contributed by atoms with Crippen LogP contribution in [-0.4, -0.2) is 25.8 Å². The van der Waals surface area contributed by atoms with Crippen molar-refractivity contribution in [1.82, 2.24) is 25.3 Å². The van der Waals surface area contributed by atoms with Crippen LogP contribution in [0.5, 0.6) is 0 Å². The lowest BCUT2D eigenvalue weighted by Crippen LogP contribution is -2.29.